The lowest BCUT2D eigenvalue weighted by Crippen LogP contribution is -2.12. The fourth-order valence-corrected chi connectivity index (χ4v) is 3.18. The van der Waals surface area contributed by atoms with Crippen LogP contribution in [0.15, 0.2) is 35.7 Å². The highest BCUT2D eigenvalue weighted by Gasteiger charge is 2.20. The highest BCUT2D eigenvalue weighted by molar-refractivity contribution is 7.90. The highest BCUT2D eigenvalue weighted by Crippen LogP contribution is 2.26. The molecule has 0 aliphatic rings. The molecule has 0 bridgehead atoms. The molecule has 0 atom stereocenters. The molecule has 0 saturated heterocycles. The summed E-state index contributed by atoms with van der Waals surface area (Å²) in [6.07, 6.45) is 4.12. The minimum absolute atomic E-state index is 0.263. The Hall–Kier alpha value is -1.82. The molecule has 0 spiro atoms. The molecule has 96 valence electrons. The van der Waals surface area contributed by atoms with Crippen LogP contribution in [0.25, 0.3) is 0 Å². The van der Waals surface area contributed by atoms with Crippen LogP contribution in [0.4, 0.5) is 0 Å². The molecule has 0 unspecified atom stereocenters. The summed E-state index contributed by atoms with van der Waals surface area (Å²) in [5.74, 6) is 0.678. The number of nitrogens with zero attached hydrogens (tertiary/aromatic N) is 2. The number of methoxy groups -OCH3 is 1. The summed E-state index contributed by atoms with van der Waals surface area (Å²) in [6, 6.07) is 3.34. The van der Waals surface area contributed by atoms with E-state index in [1.165, 1.54) is 18.7 Å². The monoisotopic (exact) mass is 266 g/mol. The van der Waals surface area contributed by atoms with Crippen molar-refractivity contribution >= 4 is 10.0 Å². The van der Waals surface area contributed by atoms with E-state index in [9.17, 15) is 8.42 Å². The molecule has 1 heterocycles. The van der Waals surface area contributed by atoms with Crippen LogP contribution >= 0.6 is 0 Å². The molecule has 6 heteroatoms. The van der Waals surface area contributed by atoms with Crippen molar-refractivity contribution in [2.75, 3.05) is 7.11 Å². The van der Waals surface area contributed by atoms with E-state index >= 15 is 0 Å². The molecule has 0 saturated carbocycles. The summed E-state index contributed by atoms with van der Waals surface area (Å²) < 4.78 is 31.0. The van der Waals surface area contributed by atoms with Crippen LogP contribution in [-0.2, 0) is 10.0 Å². The van der Waals surface area contributed by atoms with E-state index in [-0.39, 0.29) is 4.90 Å². The maximum Gasteiger partial charge on any atom is 0.269 e. The minimum Gasteiger partial charge on any atom is -0.496 e. The van der Waals surface area contributed by atoms with Crippen molar-refractivity contribution in [2.24, 2.45) is 0 Å². The van der Waals surface area contributed by atoms with Gasteiger partial charge in [-0.25, -0.2) is 17.4 Å². The zero-order chi connectivity index (χ0) is 13.3. The van der Waals surface area contributed by atoms with Gasteiger partial charge in [-0.05, 0) is 37.1 Å². The van der Waals surface area contributed by atoms with E-state index in [1.54, 1.807) is 26.2 Å². The minimum atomic E-state index is -3.58. The lowest BCUT2D eigenvalue weighted by molar-refractivity contribution is 0.411. The standard InChI is InChI=1S/C12H14N2O3S/c1-9-7-12(10(2)6-11(9)17-3)18(15,16)14-5-4-13-8-14/h4-8H,1-3H3. The van der Waals surface area contributed by atoms with Crippen LogP contribution in [0.5, 0.6) is 5.75 Å². The third kappa shape index (κ3) is 1.99. The maximum absolute atomic E-state index is 12.3. The Kier molecular flexibility index (Phi) is 3.13. The molecular formula is C12H14N2O3S. The number of hydrogen-bond acceptors (Lipinski definition) is 4. The smallest absolute Gasteiger partial charge is 0.269 e. The van der Waals surface area contributed by atoms with Crippen LogP contribution in [0, 0.1) is 13.8 Å². The Balaban J connectivity index is 2.63. The van der Waals surface area contributed by atoms with Crippen LogP contribution in [0.3, 0.4) is 0 Å². The summed E-state index contributed by atoms with van der Waals surface area (Å²) in [6.45, 7) is 3.55. The molecule has 18 heavy (non-hydrogen) atoms. The summed E-state index contributed by atoms with van der Waals surface area (Å²) in [4.78, 5) is 4.02. The van der Waals surface area contributed by atoms with Gasteiger partial charge >= 0.3 is 0 Å². The van der Waals surface area contributed by atoms with Gasteiger partial charge in [-0.1, -0.05) is 0 Å². The molecule has 0 radical (unpaired) electrons. The first-order chi connectivity index (χ1) is 8.46. The first kappa shape index (κ1) is 12.6. The van der Waals surface area contributed by atoms with E-state index < -0.39 is 10.0 Å². The third-order valence-corrected chi connectivity index (χ3v) is 4.49. The number of rotatable bonds is 3. The summed E-state index contributed by atoms with van der Waals surface area (Å²) in [5, 5.41) is 0. The quantitative estimate of drug-likeness (QED) is 0.849. The molecule has 1 aromatic heterocycles. The number of benzene rings is 1. The van der Waals surface area contributed by atoms with Crippen LogP contribution in [0.2, 0.25) is 0 Å². The largest absolute Gasteiger partial charge is 0.496 e. The van der Waals surface area contributed by atoms with Gasteiger partial charge in [0.05, 0.1) is 12.0 Å². The van der Waals surface area contributed by atoms with Gasteiger partial charge in [0.2, 0.25) is 0 Å². The second kappa shape index (κ2) is 4.45. The maximum atomic E-state index is 12.3. The van der Waals surface area contributed by atoms with Crippen molar-refractivity contribution in [3.63, 3.8) is 0 Å². The van der Waals surface area contributed by atoms with Gasteiger partial charge in [0.25, 0.3) is 10.0 Å². The Labute approximate surface area is 106 Å². The molecule has 5 nitrogen and oxygen atoms in total. The molecule has 2 rings (SSSR count). The topological polar surface area (TPSA) is 61.2 Å². The number of aryl methyl sites for hydroxylation is 2. The third-order valence-electron chi connectivity index (χ3n) is 2.73. The number of hydrogen-bond donors (Lipinski definition) is 0. The Morgan fingerprint density at radius 3 is 2.50 bits per heavy atom. The van der Waals surface area contributed by atoms with Gasteiger partial charge < -0.3 is 4.74 Å². The predicted octanol–water partition coefficient (Wildman–Crippen LogP) is 1.75. The first-order valence-corrected chi connectivity index (χ1v) is 6.79. The van der Waals surface area contributed by atoms with Gasteiger partial charge in [-0.3, -0.25) is 0 Å². The van der Waals surface area contributed by atoms with Gasteiger partial charge in [-0.15, -0.1) is 0 Å². The normalized spacial score (nSPS) is 11.5. The van der Waals surface area contributed by atoms with E-state index in [0.717, 1.165) is 9.54 Å². The van der Waals surface area contributed by atoms with Gasteiger partial charge in [0.15, 0.2) is 0 Å². The average Bonchev–Trinajstić information content (AvgIpc) is 2.85. The average molecular weight is 266 g/mol. The van der Waals surface area contributed by atoms with Crippen molar-refractivity contribution in [1.82, 2.24) is 8.96 Å². The molecule has 0 fully saturated rings. The molecule has 1 aromatic carbocycles. The fraction of sp³-hybridized carbons (Fsp3) is 0.250. The van der Waals surface area contributed by atoms with Crippen molar-refractivity contribution in [2.45, 2.75) is 18.7 Å². The van der Waals surface area contributed by atoms with E-state index in [2.05, 4.69) is 4.98 Å². The molecule has 0 N–H and O–H groups in total. The molecular weight excluding hydrogens is 252 g/mol. The van der Waals surface area contributed by atoms with Crippen LogP contribution < -0.4 is 4.74 Å². The molecule has 0 aliphatic carbocycles. The predicted molar refractivity (Wildman–Crippen MR) is 67.3 cm³/mol. The summed E-state index contributed by atoms with van der Waals surface area (Å²) >= 11 is 0. The second-order valence-electron chi connectivity index (χ2n) is 3.98. The second-order valence-corrected chi connectivity index (χ2v) is 5.80. The molecule has 0 aliphatic heterocycles. The van der Waals surface area contributed by atoms with Crippen LogP contribution in [0.1, 0.15) is 11.1 Å². The van der Waals surface area contributed by atoms with E-state index in [0.29, 0.717) is 11.3 Å². The van der Waals surface area contributed by atoms with Crippen molar-refractivity contribution < 1.29 is 13.2 Å². The Morgan fingerprint density at radius 1 is 1.22 bits per heavy atom. The number of imidazole rings is 1. The first-order valence-electron chi connectivity index (χ1n) is 5.35. The van der Waals surface area contributed by atoms with Crippen molar-refractivity contribution in [1.29, 1.82) is 0 Å². The van der Waals surface area contributed by atoms with Gasteiger partial charge in [-0.2, -0.15) is 0 Å². The lowest BCUT2D eigenvalue weighted by atomic mass is 10.1. The zero-order valence-electron chi connectivity index (χ0n) is 10.4. The zero-order valence-corrected chi connectivity index (χ0v) is 11.2. The molecule has 2 aromatic rings. The van der Waals surface area contributed by atoms with Crippen molar-refractivity contribution in [3.8, 4) is 5.75 Å². The highest BCUT2D eigenvalue weighted by atomic mass is 32.2. The molecule has 0 amide bonds. The van der Waals surface area contributed by atoms with E-state index in [1.807, 2.05) is 6.92 Å². The number of ether oxygens (including phenoxy) is 1. The Bertz CT molecular complexity index is 661. The van der Waals surface area contributed by atoms with E-state index in [4.69, 9.17) is 4.74 Å². The van der Waals surface area contributed by atoms with Gasteiger partial charge in [0, 0.05) is 12.4 Å². The fourth-order valence-electron chi connectivity index (χ4n) is 1.76. The van der Waals surface area contributed by atoms with Crippen molar-refractivity contribution in [3.05, 3.63) is 42.0 Å². The number of aromatic nitrogens is 2. The lowest BCUT2D eigenvalue weighted by Gasteiger charge is -2.12. The Morgan fingerprint density at radius 2 is 1.94 bits per heavy atom. The summed E-state index contributed by atoms with van der Waals surface area (Å²) in [7, 11) is -2.01. The summed E-state index contributed by atoms with van der Waals surface area (Å²) in [5.41, 5.74) is 1.42. The SMILES string of the molecule is COc1cc(C)c(S(=O)(=O)n2ccnc2)cc1C. The van der Waals surface area contributed by atoms with Gasteiger partial charge in [0.1, 0.15) is 12.1 Å². The van der Waals surface area contributed by atoms with Crippen LogP contribution in [-0.4, -0.2) is 24.5 Å².